The Kier molecular flexibility index (Phi) is 3.99. The Morgan fingerprint density at radius 2 is 2.12 bits per heavy atom. The summed E-state index contributed by atoms with van der Waals surface area (Å²) in [5, 5.41) is 2.68. The number of aryl methyl sites for hydroxylation is 1. The molecule has 0 aliphatic heterocycles. The van der Waals surface area contributed by atoms with Crippen molar-refractivity contribution in [2.24, 2.45) is 0 Å². The molecule has 0 aromatic carbocycles. The summed E-state index contributed by atoms with van der Waals surface area (Å²) in [6.45, 7) is 7.92. The summed E-state index contributed by atoms with van der Waals surface area (Å²) in [5.41, 5.74) is -0.453. The van der Waals surface area contributed by atoms with Crippen molar-refractivity contribution in [1.29, 1.82) is 0 Å². The largest absolute Gasteiger partial charge is 0.466 e. The predicted octanol–water partition coefficient (Wildman–Crippen LogP) is 2.66. The van der Waals surface area contributed by atoms with E-state index in [1.807, 2.05) is 39.8 Å². The molecule has 90 valence electrons. The lowest BCUT2D eigenvalue weighted by atomic mass is 10.2. The van der Waals surface area contributed by atoms with Gasteiger partial charge in [0.15, 0.2) is 0 Å². The van der Waals surface area contributed by atoms with Crippen molar-refractivity contribution >= 4 is 6.09 Å². The van der Waals surface area contributed by atoms with Crippen LogP contribution in [0.4, 0.5) is 4.79 Å². The van der Waals surface area contributed by atoms with E-state index in [-0.39, 0.29) is 0 Å². The number of ether oxygens (including phenoxy) is 1. The quantitative estimate of drug-likeness (QED) is 0.860. The average Bonchev–Trinajstić information content (AvgIpc) is 2.48. The van der Waals surface area contributed by atoms with Crippen molar-refractivity contribution in [1.82, 2.24) is 5.32 Å². The number of carbonyl (C=O) groups is 1. The molecule has 1 amide bonds. The molecule has 0 aliphatic carbocycles. The van der Waals surface area contributed by atoms with Crippen LogP contribution in [0, 0.1) is 6.92 Å². The fourth-order valence-corrected chi connectivity index (χ4v) is 1.22. The molecule has 0 aliphatic rings. The lowest BCUT2D eigenvalue weighted by molar-refractivity contribution is 0.0528. The van der Waals surface area contributed by atoms with E-state index < -0.39 is 11.7 Å². The van der Waals surface area contributed by atoms with Crippen molar-refractivity contribution in [3.8, 4) is 0 Å². The summed E-state index contributed by atoms with van der Waals surface area (Å²) in [6, 6.07) is 3.81. The minimum absolute atomic E-state index is 0.393. The van der Waals surface area contributed by atoms with Gasteiger partial charge in [-0.1, -0.05) is 0 Å². The maximum absolute atomic E-state index is 11.3. The van der Waals surface area contributed by atoms with E-state index in [4.69, 9.17) is 9.15 Å². The number of amides is 1. The number of nitrogens with one attached hydrogen (secondary N) is 1. The minimum atomic E-state index is -0.453. The van der Waals surface area contributed by atoms with E-state index >= 15 is 0 Å². The molecule has 1 N–H and O–H groups in total. The Morgan fingerprint density at radius 3 is 2.62 bits per heavy atom. The lowest BCUT2D eigenvalue weighted by Crippen LogP contribution is -2.33. The molecule has 0 saturated heterocycles. The lowest BCUT2D eigenvalue weighted by Gasteiger charge is -2.19. The molecule has 0 spiro atoms. The van der Waals surface area contributed by atoms with Gasteiger partial charge in [-0.25, -0.2) is 4.79 Å². The second-order valence-corrected chi connectivity index (χ2v) is 4.69. The number of hydrogen-bond acceptors (Lipinski definition) is 3. The third kappa shape index (κ3) is 4.87. The van der Waals surface area contributed by atoms with E-state index in [9.17, 15) is 4.79 Å². The van der Waals surface area contributed by atoms with Gasteiger partial charge in [0.05, 0.1) is 0 Å². The maximum atomic E-state index is 11.3. The highest BCUT2D eigenvalue weighted by atomic mass is 16.6. The molecule has 0 atom stereocenters. The second kappa shape index (κ2) is 5.05. The number of carbonyl (C=O) groups excluding carboxylic acids is 1. The standard InChI is InChI=1S/C12H19NO3/c1-9-5-6-10(15-9)7-8-13-11(14)16-12(2,3)4/h5-6H,7-8H2,1-4H3,(H,13,14). The molecule has 0 bridgehead atoms. The van der Waals surface area contributed by atoms with Gasteiger partial charge in [0.1, 0.15) is 17.1 Å². The first-order valence-corrected chi connectivity index (χ1v) is 5.39. The van der Waals surface area contributed by atoms with Gasteiger partial charge in [0.25, 0.3) is 0 Å². The van der Waals surface area contributed by atoms with Gasteiger partial charge in [0, 0.05) is 13.0 Å². The van der Waals surface area contributed by atoms with E-state index in [1.54, 1.807) is 0 Å². The van der Waals surface area contributed by atoms with Crippen LogP contribution in [0.2, 0.25) is 0 Å². The van der Waals surface area contributed by atoms with E-state index in [0.29, 0.717) is 13.0 Å². The summed E-state index contributed by atoms with van der Waals surface area (Å²) >= 11 is 0. The highest BCUT2D eigenvalue weighted by molar-refractivity contribution is 5.67. The summed E-state index contributed by atoms with van der Waals surface area (Å²) in [5.74, 6) is 1.75. The Bertz CT molecular complexity index is 349. The van der Waals surface area contributed by atoms with Crippen molar-refractivity contribution in [2.75, 3.05) is 6.54 Å². The maximum Gasteiger partial charge on any atom is 0.407 e. The van der Waals surface area contributed by atoms with Gasteiger partial charge in [-0.05, 0) is 39.8 Å². The van der Waals surface area contributed by atoms with Crippen molar-refractivity contribution in [3.63, 3.8) is 0 Å². The molecule has 0 radical (unpaired) electrons. The van der Waals surface area contributed by atoms with Crippen LogP contribution < -0.4 is 5.32 Å². The molecule has 0 saturated carbocycles. The van der Waals surface area contributed by atoms with Crippen molar-refractivity contribution < 1.29 is 13.9 Å². The van der Waals surface area contributed by atoms with Gasteiger partial charge >= 0.3 is 6.09 Å². The third-order valence-corrected chi connectivity index (χ3v) is 1.84. The summed E-state index contributed by atoms with van der Waals surface area (Å²) in [7, 11) is 0. The predicted molar refractivity (Wildman–Crippen MR) is 61.4 cm³/mol. The highest BCUT2D eigenvalue weighted by Gasteiger charge is 2.15. The van der Waals surface area contributed by atoms with Gasteiger partial charge < -0.3 is 14.5 Å². The van der Waals surface area contributed by atoms with Crippen LogP contribution in [0.1, 0.15) is 32.3 Å². The Hall–Kier alpha value is -1.45. The summed E-state index contributed by atoms with van der Waals surface area (Å²) in [4.78, 5) is 11.3. The normalized spacial score (nSPS) is 11.2. The fraction of sp³-hybridized carbons (Fsp3) is 0.583. The molecule has 1 aromatic rings. The zero-order valence-corrected chi connectivity index (χ0v) is 10.3. The summed E-state index contributed by atoms with van der Waals surface area (Å²) in [6.07, 6.45) is 0.281. The summed E-state index contributed by atoms with van der Waals surface area (Å²) < 4.78 is 10.5. The molecule has 0 unspecified atom stereocenters. The number of furan rings is 1. The highest BCUT2D eigenvalue weighted by Crippen LogP contribution is 2.07. The Labute approximate surface area is 96.0 Å². The van der Waals surface area contributed by atoms with E-state index in [2.05, 4.69) is 5.32 Å². The molecule has 4 nitrogen and oxygen atoms in total. The Morgan fingerprint density at radius 1 is 1.44 bits per heavy atom. The van der Waals surface area contributed by atoms with Crippen LogP contribution in [0.3, 0.4) is 0 Å². The number of hydrogen-bond donors (Lipinski definition) is 1. The first kappa shape index (κ1) is 12.6. The third-order valence-electron chi connectivity index (χ3n) is 1.84. The van der Waals surface area contributed by atoms with Crippen LogP contribution in [0.25, 0.3) is 0 Å². The molecule has 0 fully saturated rings. The van der Waals surface area contributed by atoms with Gasteiger partial charge in [-0.2, -0.15) is 0 Å². The van der Waals surface area contributed by atoms with Crippen LogP contribution in [0.15, 0.2) is 16.5 Å². The minimum Gasteiger partial charge on any atom is -0.466 e. The molecule has 1 aromatic heterocycles. The fourth-order valence-electron chi connectivity index (χ4n) is 1.22. The van der Waals surface area contributed by atoms with Gasteiger partial charge in [0.2, 0.25) is 0 Å². The van der Waals surface area contributed by atoms with Crippen molar-refractivity contribution in [2.45, 2.75) is 39.7 Å². The first-order chi connectivity index (χ1) is 7.37. The zero-order valence-electron chi connectivity index (χ0n) is 10.3. The van der Waals surface area contributed by atoms with E-state index in [1.165, 1.54) is 0 Å². The van der Waals surface area contributed by atoms with Crippen LogP contribution in [0.5, 0.6) is 0 Å². The molecule has 1 heterocycles. The number of alkyl carbamates (subject to hydrolysis) is 1. The number of rotatable bonds is 3. The smallest absolute Gasteiger partial charge is 0.407 e. The molecular weight excluding hydrogens is 206 g/mol. The SMILES string of the molecule is Cc1ccc(CCNC(=O)OC(C)(C)C)o1. The Balaban J connectivity index is 2.23. The first-order valence-electron chi connectivity index (χ1n) is 5.39. The molecule has 1 rings (SSSR count). The molecular formula is C12H19NO3. The van der Waals surface area contributed by atoms with Crippen LogP contribution in [-0.4, -0.2) is 18.2 Å². The molecule has 4 heteroatoms. The van der Waals surface area contributed by atoms with Gasteiger partial charge in [-0.15, -0.1) is 0 Å². The van der Waals surface area contributed by atoms with Crippen LogP contribution in [-0.2, 0) is 11.2 Å². The monoisotopic (exact) mass is 225 g/mol. The molecule has 16 heavy (non-hydrogen) atoms. The zero-order chi connectivity index (χ0) is 12.2. The van der Waals surface area contributed by atoms with Gasteiger partial charge in [-0.3, -0.25) is 0 Å². The average molecular weight is 225 g/mol. The van der Waals surface area contributed by atoms with E-state index in [0.717, 1.165) is 11.5 Å². The van der Waals surface area contributed by atoms with Crippen molar-refractivity contribution in [3.05, 3.63) is 23.7 Å². The topological polar surface area (TPSA) is 51.5 Å². The second-order valence-electron chi connectivity index (χ2n) is 4.69. The van der Waals surface area contributed by atoms with Crippen LogP contribution >= 0.6 is 0 Å².